The molecule has 6 heteroatoms. The highest BCUT2D eigenvalue weighted by Gasteiger charge is 2.30. The predicted molar refractivity (Wildman–Crippen MR) is 335 cm³/mol. The normalized spacial score (nSPS) is 12.9. The Balaban J connectivity index is 1.04. The van der Waals surface area contributed by atoms with E-state index in [0.717, 1.165) is 77.7 Å². The van der Waals surface area contributed by atoms with Crippen LogP contribution >= 0.6 is 0 Å². The topological polar surface area (TPSA) is 49.0 Å². The van der Waals surface area contributed by atoms with E-state index < -0.39 is 0 Å². The quantitative estimate of drug-likeness (QED) is 0.149. The minimum atomic E-state index is -0.0807. The third-order valence-electron chi connectivity index (χ3n) is 16.3. The van der Waals surface area contributed by atoms with Gasteiger partial charge in [-0.15, -0.1) is 0 Å². The number of ether oxygens (including phenoxy) is 1. The first-order valence-electron chi connectivity index (χ1n) is 28.4. The Morgan fingerprint density at radius 3 is 1.66 bits per heavy atom. The van der Waals surface area contributed by atoms with Crippen LogP contribution in [0, 0.1) is 0 Å². The second-order valence-electron chi connectivity index (χ2n) is 27.4. The fourth-order valence-electron chi connectivity index (χ4n) is 11.5. The van der Waals surface area contributed by atoms with Gasteiger partial charge in [-0.05, 0) is 131 Å². The molecule has 0 spiro atoms. The molecule has 0 atom stereocenters. The number of hydrogen-bond donors (Lipinski definition) is 0. The molecule has 12 aromatic rings. The molecule has 8 aromatic carbocycles. The van der Waals surface area contributed by atoms with Crippen LogP contribution in [0.5, 0.6) is 11.5 Å². The molecule has 0 saturated carbocycles. The number of benzene rings is 8. The third-order valence-corrected chi connectivity index (χ3v) is 16.3. The summed E-state index contributed by atoms with van der Waals surface area (Å²) < 4.78 is 20.8. The van der Waals surface area contributed by atoms with Gasteiger partial charge < -0.3 is 9.15 Å². The fourth-order valence-corrected chi connectivity index (χ4v) is 11.5. The minimum Gasteiger partial charge on any atom is -0.457 e. The summed E-state index contributed by atoms with van der Waals surface area (Å²) in [5, 5.41) is 4.36. The van der Waals surface area contributed by atoms with E-state index >= 15 is 0 Å². The zero-order valence-electron chi connectivity index (χ0n) is 49.4. The van der Waals surface area contributed by atoms with Crippen molar-refractivity contribution in [3.63, 3.8) is 0 Å². The van der Waals surface area contributed by atoms with Crippen LogP contribution in [0.15, 0.2) is 187 Å². The maximum atomic E-state index is 6.98. The van der Waals surface area contributed by atoms with Crippen LogP contribution in [0.3, 0.4) is 0 Å². The van der Waals surface area contributed by atoms with Crippen LogP contribution < -0.4 is 9.30 Å². The van der Waals surface area contributed by atoms with Crippen LogP contribution in [0.2, 0.25) is 0 Å². The van der Waals surface area contributed by atoms with Crippen molar-refractivity contribution in [1.29, 1.82) is 0 Å². The van der Waals surface area contributed by atoms with Gasteiger partial charge in [0.1, 0.15) is 39.8 Å². The van der Waals surface area contributed by atoms with E-state index in [0.29, 0.717) is 5.75 Å². The number of fused-ring (bicyclic) bond motifs is 8. The molecule has 0 saturated heterocycles. The number of pyridine rings is 1. The lowest BCUT2D eigenvalue weighted by atomic mass is 9.77. The summed E-state index contributed by atoms with van der Waals surface area (Å²) in [6.45, 7) is 34.6. The Labute approximate surface area is 472 Å². The van der Waals surface area contributed by atoms with Crippen molar-refractivity contribution in [3.8, 4) is 50.9 Å². The van der Waals surface area contributed by atoms with E-state index in [9.17, 15) is 0 Å². The van der Waals surface area contributed by atoms with Crippen LogP contribution in [0.1, 0.15) is 132 Å². The highest BCUT2D eigenvalue weighted by Crippen LogP contribution is 2.45. The third kappa shape index (κ3) is 9.36. The first kappa shape index (κ1) is 52.5. The molecule has 0 N–H and O–H groups in total. The van der Waals surface area contributed by atoms with E-state index in [4.69, 9.17) is 14.1 Å². The maximum Gasteiger partial charge on any atom is 0.255 e. The minimum absolute atomic E-state index is 0.0615. The molecule has 0 bridgehead atoms. The van der Waals surface area contributed by atoms with Crippen molar-refractivity contribution in [2.45, 2.75) is 131 Å². The fraction of sp³-hybridized carbons (Fsp3) is 0.270. The Bertz CT molecular complexity index is 4250. The largest absolute Gasteiger partial charge is 0.457 e. The van der Waals surface area contributed by atoms with Gasteiger partial charge in [0.2, 0.25) is 0 Å². The number of rotatable bonds is 7. The van der Waals surface area contributed by atoms with Gasteiger partial charge in [0.25, 0.3) is 6.33 Å². The number of para-hydroxylation sites is 3. The van der Waals surface area contributed by atoms with Gasteiger partial charge in [-0.3, -0.25) is 4.57 Å². The second kappa shape index (κ2) is 18.7. The molecule has 402 valence electrons. The molecule has 4 aromatic heterocycles. The van der Waals surface area contributed by atoms with Crippen LogP contribution in [0.4, 0.5) is 0 Å². The average molecular weight is 1050 g/mol. The Morgan fingerprint density at radius 2 is 1.04 bits per heavy atom. The molecular formula is C74H75N4O2+. The number of furan rings is 1. The molecule has 0 amide bonds. The molecule has 0 fully saturated rings. The Morgan fingerprint density at radius 1 is 0.463 bits per heavy atom. The van der Waals surface area contributed by atoms with Crippen LogP contribution in [-0.4, -0.2) is 14.1 Å². The number of aromatic nitrogens is 4. The van der Waals surface area contributed by atoms with E-state index in [1.807, 2.05) is 12.3 Å². The zero-order valence-corrected chi connectivity index (χ0v) is 49.4. The van der Waals surface area contributed by atoms with Gasteiger partial charge in [-0.1, -0.05) is 207 Å². The highest BCUT2D eigenvalue weighted by atomic mass is 16.5. The average Bonchev–Trinajstić information content (AvgIpc) is 4.28. The summed E-state index contributed by atoms with van der Waals surface area (Å²) in [6, 6.07) is 62.1. The first-order valence-corrected chi connectivity index (χ1v) is 28.4. The van der Waals surface area contributed by atoms with Crippen LogP contribution in [-0.2, 0) is 27.1 Å². The van der Waals surface area contributed by atoms with Gasteiger partial charge in [0.05, 0.1) is 10.9 Å². The summed E-state index contributed by atoms with van der Waals surface area (Å²) in [5.41, 5.74) is 18.8. The summed E-state index contributed by atoms with van der Waals surface area (Å²) in [7, 11) is 0. The molecule has 12 rings (SSSR count). The van der Waals surface area contributed by atoms with Crippen molar-refractivity contribution in [1.82, 2.24) is 14.1 Å². The van der Waals surface area contributed by atoms with Crippen molar-refractivity contribution < 1.29 is 13.7 Å². The summed E-state index contributed by atoms with van der Waals surface area (Å²) in [6.07, 6.45) is 4.21. The summed E-state index contributed by atoms with van der Waals surface area (Å²) in [4.78, 5) is 5.04. The predicted octanol–water partition coefficient (Wildman–Crippen LogP) is 19.9. The lowest BCUT2D eigenvalue weighted by Gasteiger charge is -2.27. The molecule has 0 unspecified atom stereocenters. The van der Waals surface area contributed by atoms with E-state index in [2.05, 4.69) is 288 Å². The smallest absolute Gasteiger partial charge is 0.255 e. The molecule has 0 aliphatic carbocycles. The summed E-state index contributed by atoms with van der Waals surface area (Å²) >= 11 is 0. The summed E-state index contributed by atoms with van der Waals surface area (Å²) in [5.74, 6) is 2.26. The number of nitrogens with zero attached hydrogens (tertiary/aromatic N) is 4. The molecule has 0 aliphatic heterocycles. The van der Waals surface area contributed by atoms with Gasteiger partial charge in [-0.25, -0.2) is 4.98 Å². The maximum absolute atomic E-state index is 6.98. The molecule has 4 heterocycles. The molecule has 0 aliphatic rings. The lowest BCUT2D eigenvalue weighted by Crippen LogP contribution is -2.31. The first-order chi connectivity index (χ1) is 37.8. The Hall–Kier alpha value is -8.22. The van der Waals surface area contributed by atoms with E-state index in [1.54, 1.807) is 0 Å². The zero-order chi connectivity index (χ0) is 56.4. The van der Waals surface area contributed by atoms with Crippen molar-refractivity contribution in [3.05, 3.63) is 210 Å². The second-order valence-corrected chi connectivity index (χ2v) is 27.4. The Kier molecular flexibility index (Phi) is 12.3. The van der Waals surface area contributed by atoms with Gasteiger partial charge in [0.15, 0.2) is 16.6 Å². The molecule has 80 heavy (non-hydrogen) atoms. The van der Waals surface area contributed by atoms with E-state index in [-0.39, 0.29) is 27.1 Å². The highest BCUT2D eigenvalue weighted by molar-refractivity contribution is 6.24. The molecule has 0 radical (unpaired) electrons. The number of imidazole rings is 1. The van der Waals surface area contributed by atoms with Gasteiger partial charge in [-0.2, -0.15) is 9.13 Å². The van der Waals surface area contributed by atoms with Crippen molar-refractivity contribution >= 4 is 54.8 Å². The lowest BCUT2D eigenvalue weighted by molar-refractivity contribution is -0.566. The molecule has 6 nitrogen and oxygen atoms in total. The van der Waals surface area contributed by atoms with Crippen molar-refractivity contribution in [2.24, 2.45) is 0 Å². The van der Waals surface area contributed by atoms with Gasteiger partial charge in [0, 0.05) is 34.8 Å². The van der Waals surface area contributed by atoms with Crippen LogP contribution in [0.25, 0.3) is 94.2 Å². The van der Waals surface area contributed by atoms with Crippen molar-refractivity contribution in [2.75, 3.05) is 0 Å². The SMILES string of the molecule is CC(C)(C)c1cc(-c2cccc(-c3cc(C(C)(C)C)cc(C(C)(C)C)c3)c2-[n+]2cn(-c3cccc(Oc4ccc5c6oc7ccc8ccccc8c7c6n(-c6cc(C(C)(C)C)ccn6)c5c4)c3)c3ccccc32)cc(C(C)(C)C)c1. The number of hydrogen-bond acceptors (Lipinski definition) is 3. The molecular weight excluding hydrogens is 977 g/mol. The monoisotopic (exact) mass is 1050 g/mol. The van der Waals surface area contributed by atoms with Gasteiger partial charge >= 0.3 is 0 Å². The van der Waals surface area contributed by atoms with E-state index in [1.165, 1.54) is 50.1 Å². The standard InChI is InChI=1S/C74H75N4O2/c1-70(2,3)49-34-35-75-65(42-49)78-63-44-56(31-32-60(63)69-68(78)66-57-25-17-16-22-46(57)30-33-64(66)80-69)79-55-24-20-23-54(43-55)76-45-77(62-29-19-18-28-61(62)76)67-58(47-36-50(71(4,5)6)40-51(37-47)72(7,8)9)26-21-27-59(67)48-38-52(73(10,11)12)41-53(39-48)74(13,14)15/h16-45H,1-15H3/q+1.